The van der Waals surface area contributed by atoms with Gasteiger partial charge in [-0.1, -0.05) is 74.8 Å². The quantitative estimate of drug-likeness (QED) is 0.208. The summed E-state index contributed by atoms with van der Waals surface area (Å²) in [7, 11) is 3.39. The molecule has 1 unspecified atom stereocenters. The van der Waals surface area contributed by atoms with Gasteiger partial charge < -0.3 is 30.1 Å². The molecule has 0 radical (unpaired) electrons. The van der Waals surface area contributed by atoms with Crippen LogP contribution in [0.2, 0.25) is 0 Å². The molecule has 2 aromatic rings. The minimum Gasteiger partial charge on any atom is -0.382 e. The lowest BCUT2D eigenvalue weighted by atomic mass is 10.1. The van der Waals surface area contributed by atoms with Crippen LogP contribution < -0.4 is 16.0 Å². The van der Waals surface area contributed by atoms with E-state index in [1.54, 1.807) is 6.92 Å². The van der Waals surface area contributed by atoms with Crippen molar-refractivity contribution in [3.63, 3.8) is 0 Å². The molecular weight excluding hydrogens is 548 g/mol. The highest BCUT2D eigenvalue weighted by Gasteiger charge is 2.23. The lowest BCUT2D eigenvalue weighted by Gasteiger charge is -2.21. The normalized spacial score (nSPS) is 11.5. The van der Waals surface area contributed by atoms with Crippen molar-refractivity contribution in [3.05, 3.63) is 76.8 Å². The van der Waals surface area contributed by atoms with Gasteiger partial charge in [0.2, 0.25) is 11.8 Å². The van der Waals surface area contributed by atoms with Crippen LogP contribution in [-0.2, 0) is 20.9 Å². The van der Waals surface area contributed by atoms with Gasteiger partial charge in [-0.15, -0.1) is 0 Å². The third-order valence-electron chi connectivity index (χ3n) is 6.09. The van der Waals surface area contributed by atoms with Crippen molar-refractivity contribution in [2.24, 2.45) is 5.92 Å². The number of nitrogens with zero attached hydrogens (tertiary/aromatic N) is 3. The fourth-order valence-corrected chi connectivity index (χ4v) is 3.58. The van der Waals surface area contributed by atoms with Gasteiger partial charge in [-0.25, -0.2) is 0 Å². The molecule has 0 bridgehead atoms. The highest BCUT2D eigenvalue weighted by molar-refractivity contribution is 5.96. The molecule has 3 N–H and O–H groups in total. The Labute approximate surface area is 255 Å². The summed E-state index contributed by atoms with van der Waals surface area (Å²) < 4.78 is 9.81. The molecule has 1 atom stereocenters. The highest BCUT2D eigenvalue weighted by Crippen LogP contribution is 2.14. The summed E-state index contributed by atoms with van der Waals surface area (Å²) in [6.45, 7) is 14.9. The number of benzene rings is 1. The van der Waals surface area contributed by atoms with Crippen molar-refractivity contribution in [3.8, 4) is 6.07 Å². The molecule has 1 heterocycles. The maximum atomic E-state index is 12.3. The number of aromatic nitrogens is 1. The van der Waals surface area contributed by atoms with E-state index in [0.29, 0.717) is 23.8 Å². The molecule has 234 valence electrons. The van der Waals surface area contributed by atoms with E-state index in [9.17, 15) is 14.4 Å². The summed E-state index contributed by atoms with van der Waals surface area (Å²) in [5, 5.41) is 20.3. The van der Waals surface area contributed by atoms with Crippen molar-refractivity contribution < 1.29 is 23.6 Å². The number of allylic oxidation sites excluding steroid dienone is 2. The summed E-state index contributed by atoms with van der Waals surface area (Å²) in [5.41, 5.74) is 3.68. The van der Waals surface area contributed by atoms with Gasteiger partial charge in [0, 0.05) is 39.0 Å². The van der Waals surface area contributed by atoms with Crippen LogP contribution in [0.15, 0.2) is 58.8 Å². The van der Waals surface area contributed by atoms with Gasteiger partial charge in [0.1, 0.15) is 17.9 Å². The largest absolute Gasteiger partial charge is 0.382 e. The van der Waals surface area contributed by atoms with E-state index in [-0.39, 0.29) is 24.8 Å². The molecule has 11 heteroatoms. The van der Waals surface area contributed by atoms with Gasteiger partial charge in [0.05, 0.1) is 18.7 Å². The van der Waals surface area contributed by atoms with Crippen LogP contribution in [0, 0.1) is 31.1 Å². The molecule has 0 saturated carbocycles. The number of aryl methyl sites for hydroxylation is 2. The van der Waals surface area contributed by atoms with Gasteiger partial charge >= 0.3 is 0 Å². The number of ether oxygens (including phenoxy) is 1. The van der Waals surface area contributed by atoms with Gasteiger partial charge in [-0.05, 0) is 31.7 Å². The number of likely N-dealkylation sites (N-methyl/N-ethyl adjacent to an activating group) is 1. The zero-order valence-corrected chi connectivity index (χ0v) is 26.5. The number of amides is 3. The molecule has 0 saturated heterocycles. The number of nitriles is 1. The number of methoxy groups -OCH3 is 1. The SMILES string of the molecule is C=C(/C(C#N)=C/C(C)C)N(C)CCCC.COCC(NC(=O)c1cc(C)on1)C(=O)NCC(=O)NCc1ccc(C)cc1. The van der Waals surface area contributed by atoms with E-state index < -0.39 is 17.9 Å². The molecule has 43 heavy (non-hydrogen) atoms. The fourth-order valence-electron chi connectivity index (χ4n) is 3.58. The van der Waals surface area contributed by atoms with Gasteiger partial charge in [-0.3, -0.25) is 14.4 Å². The van der Waals surface area contributed by atoms with E-state index in [2.05, 4.69) is 59.4 Å². The van der Waals surface area contributed by atoms with Crippen molar-refractivity contribution in [2.45, 2.75) is 60.0 Å². The van der Waals surface area contributed by atoms with Crippen molar-refractivity contribution >= 4 is 17.7 Å². The Morgan fingerprint density at radius 2 is 1.86 bits per heavy atom. The predicted molar refractivity (Wildman–Crippen MR) is 166 cm³/mol. The highest BCUT2D eigenvalue weighted by atomic mass is 16.5. The summed E-state index contributed by atoms with van der Waals surface area (Å²) in [6, 6.07) is 10.4. The molecule has 0 fully saturated rings. The fraction of sp³-hybridized carbons (Fsp3) is 0.469. The second-order valence-electron chi connectivity index (χ2n) is 10.4. The lowest BCUT2D eigenvalue weighted by Crippen LogP contribution is -2.51. The second-order valence-corrected chi connectivity index (χ2v) is 10.4. The number of rotatable bonds is 15. The second kappa shape index (κ2) is 19.6. The minimum atomic E-state index is -0.973. The molecule has 0 spiro atoms. The Kier molecular flexibility index (Phi) is 16.7. The van der Waals surface area contributed by atoms with E-state index in [1.165, 1.54) is 13.2 Å². The number of carbonyl (C=O) groups is 3. The maximum Gasteiger partial charge on any atom is 0.274 e. The minimum absolute atomic E-state index is 0.0562. The van der Waals surface area contributed by atoms with Crippen LogP contribution in [0.25, 0.3) is 0 Å². The van der Waals surface area contributed by atoms with Crippen molar-refractivity contribution in [2.75, 3.05) is 33.9 Å². The monoisotopic (exact) mass is 594 g/mol. The first-order valence-electron chi connectivity index (χ1n) is 14.3. The molecule has 3 amide bonds. The molecule has 2 rings (SSSR count). The van der Waals surface area contributed by atoms with Crippen LogP contribution >= 0.6 is 0 Å². The molecule has 0 aliphatic carbocycles. The van der Waals surface area contributed by atoms with Crippen LogP contribution in [0.1, 0.15) is 61.0 Å². The summed E-state index contributed by atoms with van der Waals surface area (Å²) in [6.07, 6.45) is 4.26. The van der Waals surface area contributed by atoms with E-state index in [4.69, 9.17) is 14.5 Å². The Balaban J connectivity index is 0.000000523. The molecular formula is C32H46N6O5. The Morgan fingerprint density at radius 1 is 1.19 bits per heavy atom. The zero-order valence-electron chi connectivity index (χ0n) is 26.5. The van der Waals surface area contributed by atoms with E-state index in [0.717, 1.165) is 36.2 Å². The van der Waals surface area contributed by atoms with Gasteiger partial charge in [0.15, 0.2) is 5.69 Å². The average molecular weight is 595 g/mol. The number of hydrogen-bond donors (Lipinski definition) is 3. The molecule has 1 aromatic carbocycles. The molecule has 1 aromatic heterocycles. The number of carbonyl (C=O) groups excluding carboxylic acids is 3. The van der Waals surface area contributed by atoms with Crippen LogP contribution in [0.5, 0.6) is 0 Å². The van der Waals surface area contributed by atoms with Crippen molar-refractivity contribution in [1.29, 1.82) is 5.26 Å². The van der Waals surface area contributed by atoms with Crippen LogP contribution in [0.4, 0.5) is 0 Å². The maximum absolute atomic E-state index is 12.3. The number of hydrogen-bond acceptors (Lipinski definition) is 8. The summed E-state index contributed by atoms with van der Waals surface area (Å²) in [5.74, 6) is -0.596. The summed E-state index contributed by atoms with van der Waals surface area (Å²) in [4.78, 5) is 38.4. The first kappa shape index (κ1) is 36.6. The number of unbranched alkanes of at least 4 members (excludes halogenated alkanes) is 1. The smallest absolute Gasteiger partial charge is 0.274 e. The molecule has 11 nitrogen and oxygen atoms in total. The Morgan fingerprint density at radius 3 is 2.40 bits per heavy atom. The molecule has 0 aliphatic heterocycles. The topological polar surface area (TPSA) is 150 Å². The third-order valence-corrected chi connectivity index (χ3v) is 6.09. The molecule has 0 aliphatic rings. The van der Waals surface area contributed by atoms with Gasteiger partial charge in [-0.2, -0.15) is 5.26 Å². The predicted octanol–water partition coefficient (Wildman–Crippen LogP) is 3.81. The van der Waals surface area contributed by atoms with E-state index >= 15 is 0 Å². The van der Waals surface area contributed by atoms with Crippen LogP contribution in [0.3, 0.4) is 0 Å². The zero-order chi connectivity index (χ0) is 32.4. The lowest BCUT2D eigenvalue weighted by molar-refractivity contribution is -0.128. The first-order chi connectivity index (χ1) is 20.4. The summed E-state index contributed by atoms with van der Waals surface area (Å²) >= 11 is 0. The average Bonchev–Trinajstić information content (AvgIpc) is 3.43. The first-order valence-corrected chi connectivity index (χ1v) is 14.3. The third kappa shape index (κ3) is 14.3. The van der Waals surface area contributed by atoms with Crippen LogP contribution in [-0.4, -0.2) is 67.7 Å². The van der Waals surface area contributed by atoms with Crippen molar-refractivity contribution in [1.82, 2.24) is 26.0 Å². The van der Waals surface area contributed by atoms with Gasteiger partial charge in [0.25, 0.3) is 5.91 Å². The Hall–Kier alpha value is -4.43. The standard InChI is InChI=1S/C19H24N4O5.C13H22N2/c1-12-4-6-14(7-5-12)9-20-17(24)10-21-18(25)16(11-27-3)22-19(26)15-8-13(2)28-23-15;1-6-7-8-15(5)12(4)13(10-14)9-11(2)3/h4-8,16H,9-11H2,1-3H3,(H,20,24)(H,21,25)(H,22,26);9,11H,4,6-8H2,1-3,5H3/b;13-9+. The Bertz CT molecular complexity index is 1260. The van der Waals surface area contributed by atoms with E-state index in [1.807, 2.05) is 44.3 Å². The number of nitrogens with one attached hydrogen (secondary N) is 3.